The van der Waals surface area contributed by atoms with Crippen LogP contribution in [0.25, 0.3) is 0 Å². The summed E-state index contributed by atoms with van der Waals surface area (Å²) in [6, 6.07) is 8.22. The molecule has 0 radical (unpaired) electrons. The number of guanidine groups is 1. The Morgan fingerprint density at radius 1 is 1.18 bits per heavy atom. The van der Waals surface area contributed by atoms with Gasteiger partial charge >= 0.3 is 0 Å². The van der Waals surface area contributed by atoms with Crippen LogP contribution in [-0.2, 0) is 0 Å². The van der Waals surface area contributed by atoms with Gasteiger partial charge in [0.1, 0.15) is 0 Å². The van der Waals surface area contributed by atoms with Crippen molar-refractivity contribution in [1.29, 1.82) is 0 Å². The third kappa shape index (κ3) is 3.98. The molecule has 3 N–H and O–H groups in total. The quantitative estimate of drug-likeness (QED) is 0.607. The molecule has 17 heavy (non-hydrogen) atoms. The fourth-order valence-corrected chi connectivity index (χ4v) is 1.70. The largest absolute Gasteiger partial charge is 0.372 e. The van der Waals surface area contributed by atoms with Gasteiger partial charge in [0, 0.05) is 31.0 Å². The van der Waals surface area contributed by atoms with Crippen LogP contribution in [0.15, 0.2) is 29.3 Å². The number of aliphatic imine (C=N–C) groups is 1. The van der Waals surface area contributed by atoms with Gasteiger partial charge in [-0.25, -0.2) is 0 Å². The van der Waals surface area contributed by atoms with Crippen LogP contribution in [0.1, 0.15) is 20.8 Å². The predicted octanol–water partition coefficient (Wildman–Crippen LogP) is 2.28. The van der Waals surface area contributed by atoms with E-state index in [4.69, 9.17) is 5.73 Å². The molecule has 0 aliphatic carbocycles. The maximum absolute atomic E-state index is 5.69. The van der Waals surface area contributed by atoms with Crippen molar-refractivity contribution in [3.05, 3.63) is 24.3 Å². The van der Waals surface area contributed by atoms with Crippen molar-refractivity contribution in [2.45, 2.75) is 20.8 Å². The molecule has 0 saturated carbocycles. The summed E-state index contributed by atoms with van der Waals surface area (Å²) in [4.78, 5) is 6.38. The number of nitrogens with two attached hydrogens (primary N) is 1. The summed E-state index contributed by atoms with van der Waals surface area (Å²) in [5.41, 5.74) is 7.89. The van der Waals surface area contributed by atoms with Crippen LogP contribution < -0.4 is 16.0 Å². The summed E-state index contributed by atoms with van der Waals surface area (Å²) < 4.78 is 0. The molecule has 4 nitrogen and oxygen atoms in total. The second-order valence-corrected chi connectivity index (χ2v) is 3.70. The zero-order valence-corrected chi connectivity index (χ0v) is 10.9. The maximum atomic E-state index is 5.69. The highest BCUT2D eigenvalue weighted by Crippen LogP contribution is 2.17. The van der Waals surface area contributed by atoms with E-state index in [2.05, 4.69) is 41.2 Å². The minimum absolute atomic E-state index is 0.461. The molecule has 0 aliphatic heterocycles. The third-order valence-electron chi connectivity index (χ3n) is 2.60. The predicted molar refractivity (Wildman–Crippen MR) is 75.8 cm³/mol. The van der Waals surface area contributed by atoms with Gasteiger partial charge in [0.2, 0.25) is 0 Å². The lowest BCUT2D eigenvalue weighted by atomic mass is 10.2. The lowest BCUT2D eigenvalue weighted by Gasteiger charge is -2.21. The van der Waals surface area contributed by atoms with Crippen LogP contribution in [0, 0.1) is 0 Å². The molecule has 0 spiro atoms. The van der Waals surface area contributed by atoms with Crippen LogP contribution in [0.3, 0.4) is 0 Å². The van der Waals surface area contributed by atoms with E-state index in [1.165, 1.54) is 5.69 Å². The molecule has 1 aromatic rings. The number of rotatable bonds is 5. The second kappa shape index (κ2) is 6.78. The van der Waals surface area contributed by atoms with E-state index < -0.39 is 0 Å². The van der Waals surface area contributed by atoms with E-state index >= 15 is 0 Å². The van der Waals surface area contributed by atoms with Crippen molar-refractivity contribution in [1.82, 2.24) is 0 Å². The molecule has 0 saturated heterocycles. The number of nitrogens with zero attached hydrogens (tertiary/aromatic N) is 2. The number of anilines is 2. The Labute approximate surface area is 104 Å². The lowest BCUT2D eigenvalue weighted by molar-refractivity contribution is 0.866. The summed E-state index contributed by atoms with van der Waals surface area (Å²) in [6.07, 6.45) is 0. The fraction of sp³-hybridized carbons (Fsp3) is 0.462. The van der Waals surface area contributed by atoms with Crippen LogP contribution >= 0.6 is 0 Å². The van der Waals surface area contributed by atoms with E-state index in [1.807, 2.05) is 19.1 Å². The van der Waals surface area contributed by atoms with Gasteiger partial charge in [0.05, 0.1) is 0 Å². The van der Waals surface area contributed by atoms with E-state index in [9.17, 15) is 0 Å². The molecule has 0 amide bonds. The monoisotopic (exact) mass is 234 g/mol. The Balaban J connectivity index is 2.71. The van der Waals surface area contributed by atoms with Crippen LogP contribution in [0.5, 0.6) is 0 Å². The molecular weight excluding hydrogens is 212 g/mol. The van der Waals surface area contributed by atoms with Crippen molar-refractivity contribution in [3.63, 3.8) is 0 Å². The topological polar surface area (TPSA) is 53.6 Å². The Bertz CT molecular complexity index is 352. The number of nitrogens with one attached hydrogen (secondary N) is 1. The average molecular weight is 234 g/mol. The van der Waals surface area contributed by atoms with E-state index in [0.717, 1.165) is 18.8 Å². The van der Waals surface area contributed by atoms with Gasteiger partial charge in [-0.1, -0.05) is 0 Å². The molecule has 4 heteroatoms. The van der Waals surface area contributed by atoms with E-state index in [-0.39, 0.29) is 0 Å². The average Bonchev–Trinajstić information content (AvgIpc) is 2.33. The zero-order valence-electron chi connectivity index (χ0n) is 10.9. The highest BCUT2D eigenvalue weighted by atomic mass is 15.1. The lowest BCUT2D eigenvalue weighted by Crippen LogP contribution is -2.23. The Morgan fingerprint density at radius 2 is 1.76 bits per heavy atom. The first-order valence-electron chi connectivity index (χ1n) is 6.13. The first kappa shape index (κ1) is 13.4. The molecule has 1 rings (SSSR count). The number of benzene rings is 1. The molecule has 0 aliphatic rings. The number of hydrogen-bond donors (Lipinski definition) is 2. The fourth-order valence-electron chi connectivity index (χ4n) is 1.70. The molecular formula is C13H22N4. The van der Waals surface area contributed by atoms with E-state index in [1.54, 1.807) is 0 Å². The van der Waals surface area contributed by atoms with Gasteiger partial charge in [-0.05, 0) is 45.0 Å². The molecule has 0 bridgehead atoms. The first-order chi connectivity index (χ1) is 8.21. The van der Waals surface area contributed by atoms with Crippen LogP contribution in [0.4, 0.5) is 11.4 Å². The molecule has 0 heterocycles. The Kier molecular flexibility index (Phi) is 5.33. The first-order valence-corrected chi connectivity index (χ1v) is 6.13. The summed E-state index contributed by atoms with van der Waals surface area (Å²) in [6.45, 7) is 8.99. The molecule has 0 unspecified atom stereocenters. The van der Waals surface area contributed by atoms with Crippen molar-refractivity contribution in [2.24, 2.45) is 10.7 Å². The van der Waals surface area contributed by atoms with Crippen molar-refractivity contribution < 1.29 is 0 Å². The highest BCUT2D eigenvalue weighted by molar-refractivity contribution is 5.92. The third-order valence-corrected chi connectivity index (χ3v) is 2.60. The normalized spacial score (nSPS) is 11.4. The minimum Gasteiger partial charge on any atom is -0.372 e. The molecule has 0 atom stereocenters. The molecule has 1 aromatic carbocycles. The summed E-state index contributed by atoms with van der Waals surface area (Å²) in [5.74, 6) is 0.461. The highest BCUT2D eigenvalue weighted by Gasteiger charge is 2.01. The van der Waals surface area contributed by atoms with Gasteiger partial charge in [0.25, 0.3) is 0 Å². The van der Waals surface area contributed by atoms with Crippen molar-refractivity contribution >= 4 is 17.3 Å². The van der Waals surface area contributed by atoms with Gasteiger partial charge < -0.3 is 16.0 Å². The van der Waals surface area contributed by atoms with Gasteiger partial charge in [-0.2, -0.15) is 0 Å². The smallest absolute Gasteiger partial charge is 0.193 e. The van der Waals surface area contributed by atoms with Crippen LogP contribution in [0.2, 0.25) is 0 Å². The SMILES string of the molecule is CCN=C(N)Nc1ccc(N(CC)CC)cc1. The molecule has 0 fully saturated rings. The van der Waals surface area contributed by atoms with Gasteiger partial charge in [-0.3, -0.25) is 4.99 Å². The maximum Gasteiger partial charge on any atom is 0.193 e. The summed E-state index contributed by atoms with van der Waals surface area (Å²) in [5, 5.41) is 3.05. The van der Waals surface area contributed by atoms with E-state index in [0.29, 0.717) is 12.5 Å². The molecule has 0 aromatic heterocycles. The van der Waals surface area contributed by atoms with Crippen LogP contribution in [-0.4, -0.2) is 25.6 Å². The van der Waals surface area contributed by atoms with Crippen molar-refractivity contribution in [3.8, 4) is 0 Å². The molecule has 94 valence electrons. The van der Waals surface area contributed by atoms with Gasteiger partial charge in [0.15, 0.2) is 5.96 Å². The van der Waals surface area contributed by atoms with Crippen molar-refractivity contribution in [2.75, 3.05) is 29.9 Å². The standard InChI is InChI=1S/C13H22N4/c1-4-15-13(14)16-11-7-9-12(10-8-11)17(5-2)6-3/h7-10H,4-6H2,1-3H3,(H3,14,15,16). The minimum atomic E-state index is 0.461. The second-order valence-electron chi connectivity index (χ2n) is 3.70. The number of hydrogen-bond acceptors (Lipinski definition) is 2. The van der Waals surface area contributed by atoms with Gasteiger partial charge in [-0.15, -0.1) is 0 Å². The Hall–Kier alpha value is -1.71. The summed E-state index contributed by atoms with van der Waals surface area (Å²) in [7, 11) is 0. The Morgan fingerprint density at radius 3 is 2.24 bits per heavy atom. The summed E-state index contributed by atoms with van der Waals surface area (Å²) >= 11 is 0. The zero-order chi connectivity index (χ0) is 12.7.